The first kappa shape index (κ1) is 20.7. The van der Waals surface area contributed by atoms with Gasteiger partial charge in [-0.15, -0.1) is 0 Å². The second-order valence-corrected chi connectivity index (χ2v) is 6.99. The summed E-state index contributed by atoms with van der Waals surface area (Å²) in [7, 11) is 0. The highest BCUT2D eigenvalue weighted by Crippen LogP contribution is 2.33. The molecule has 2 aromatic rings. The monoisotopic (exact) mass is 511 g/mol. The van der Waals surface area contributed by atoms with Crippen LogP contribution >= 0.6 is 22.6 Å². The van der Waals surface area contributed by atoms with Crippen LogP contribution in [0.5, 0.6) is 23.0 Å². The number of phenolic OH excluding ortho intramolecular Hbond substituents is 1. The van der Waals surface area contributed by atoms with Crippen molar-refractivity contribution in [1.82, 2.24) is 10.7 Å². The predicted molar refractivity (Wildman–Crippen MR) is 113 cm³/mol. The second-order valence-electron chi connectivity index (χ2n) is 5.83. The molecule has 0 fully saturated rings. The minimum absolute atomic E-state index is 0.0554. The summed E-state index contributed by atoms with van der Waals surface area (Å²) < 4.78 is 16.4. The van der Waals surface area contributed by atoms with Gasteiger partial charge in [0.15, 0.2) is 23.0 Å². The first-order valence-corrected chi connectivity index (χ1v) is 9.71. The van der Waals surface area contributed by atoms with E-state index in [-0.39, 0.29) is 19.1 Å². The minimum atomic E-state index is -0.492. The largest absolute Gasteiger partial charge is 0.504 e. The molecular formula is C19H18IN3O6. The Balaban J connectivity index is 1.51. The summed E-state index contributed by atoms with van der Waals surface area (Å²) in [6, 6.07) is 8.07. The normalized spacial score (nSPS) is 12.1. The summed E-state index contributed by atoms with van der Waals surface area (Å²) in [6.45, 7) is 2.09. The van der Waals surface area contributed by atoms with Crippen molar-refractivity contribution in [2.75, 3.05) is 19.9 Å². The minimum Gasteiger partial charge on any atom is -0.504 e. The van der Waals surface area contributed by atoms with Crippen LogP contribution in [0.1, 0.15) is 22.8 Å². The van der Waals surface area contributed by atoms with Gasteiger partial charge in [0.25, 0.3) is 11.8 Å². The lowest BCUT2D eigenvalue weighted by Crippen LogP contribution is -2.34. The Labute approximate surface area is 180 Å². The summed E-state index contributed by atoms with van der Waals surface area (Å²) in [5.74, 6) is 0.542. The standard InChI is InChI=1S/C19H18IN3O6/c1-2-27-16-6-11(5-13(20)18(16)25)8-22-23-17(24)9-21-19(26)12-3-4-14-15(7-12)29-10-28-14/h3-8,25H,2,9-10H2,1H3,(H,21,26)(H,23,24). The van der Waals surface area contributed by atoms with Gasteiger partial charge in [-0.05, 0) is 65.4 Å². The van der Waals surface area contributed by atoms with Gasteiger partial charge in [0.2, 0.25) is 6.79 Å². The van der Waals surface area contributed by atoms with Crippen molar-refractivity contribution in [3.05, 3.63) is 45.0 Å². The van der Waals surface area contributed by atoms with Crippen LogP contribution in [0.2, 0.25) is 0 Å². The molecule has 9 nitrogen and oxygen atoms in total. The number of halogens is 1. The molecule has 0 saturated carbocycles. The van der Waals surface area contributed by atoms with Gasteiger partial charge in [-0.25, -0.2) is 5.43 Å². The van der Waals surface area contributed by atoms with Crippen LogP contribution in [0.4, 0.5) is 0 Å². The SMILES string of the molecule is CCOc1cc(C=NNC(=O)CNC(=O)c2ccc3c(c2)OCO3)cc(I)c1O. The van der Waals surface area contributed by atoms with Gasteiger partial charge in [-0.1, -0.05) is 0 Å². The molecule has 3 rings (SSSR count). The van der Waals surface area contributed by atoms with Gasteiger partial charge >= 0.3 is 0 Å². The van der Waals surface area contributed by atoms with Gasteiger partial charge in [-0.3, -0.25) is 9.59 Å². The molecule has 10 heteroatoms. The topological polar surface area (TPSA) is 118 Å². The van der Waals surface area contributed by atoms with E-state index in [1.54, 1.807) is 30.3 Å². The third kappa shape index (κ3) is 5.28. The van der Waals surface area contributed by atoms with E-state index in [4.69, 9.17) is 14.2 Å². The van der Waals surface area contributed by atoms with E-state index in [0.717, 1.165) is 0 Å². The van der Waals surface area contributed by atoms with E-state index in [1.165, 1.54) is 6.21 Å². The molecule has 1 heterocycles. The van der Waals surface area contributed by atoms with E-state index in [2.05, 4.69) is 15.8 Å². The highest BCUT2D eigenvalue weighted by Gasteiger charge is 2.16. The van der Waals surface area contributed by atoms with Crippen molar-refractivity contribution in [3.63, 3.8) is 0 Å². The van der Waals surface area contributed by atoms with Crippen LogP contribution in [-0.2, 0) is 4.79 Å². The zero-order chi connectivity index (χ0) is 20.8. The molecule has 0 spiro atoms. The summed E-state index contributed by atoms with van der Waals surface area (Å²) in [5, 5.41) is 16.3. The molecule has 0 unspecified atom stereocenters. The maximum atomic E-state index is 12.1. The molecule has 0 bridgehead atoms. The van der Waals surface area contributed by atoms with Crippen LogP contribution < -0.4 is 25.0 Å². The van der Waals surface area contributed by atoms with Crippen molar-refractivity contribution in [2.45, 2.75) is 6.92 Å². The Morgan fingerprint density at radius 2 is 2.07 bits per heavy atom. The fourth-order valence-electron chi connectivity index (χ4n) is 2.45. The number of benzene rings is 2. The predicted octanol–water partition coefficient (Wildman–Crippen LogP) is 2.00. The van der Waals surface area contributed by atoms with Crippen molar-refractivity contribution in [3.8, 4) is 23.0 Å². The number of nitrogens with zero attached hydrogens (tertiary/aromatic N) is 1. The fraction of sp³-hybridized carbons (Fsp3) is 0.211. The zero-order valence-corrected chi connectivity index (χ0v) is 17.6. The van der Waals surface area contributed by atoms with Crippen molar-refractivity contribution in [1.29, 1.82) is 0 Å². The average Bonchev–Trinajstić information content (AvgIpc) is 3.18. The van der Waals surface area contributed by atoms with Gasteiger partial charge in [0.1, 0.15) is 0 Å². The summed E-state index contributed by atoms with van der Waals surface area (Å²) in [4.78, 5) is 24.0. The molecule has 0 aliphatic carbocycles. The Bertz CT molecular complexity index is 963. The van der Waals surface area contributed by atoms with Crippen molar-refractivity contribution < 1.29 is 28.9 Å². The molecule has 0 radical (unpaired) electrons. The summed E-state index contributed by atoms with van der Waals surface area (Å²) >= 11 is 1.97. The van der Waals surface area contributed by atoms with Crippen molar-refractivity contribution >= 4 is 40.6 Å². The number of phenols is 1. The lowest BCUT2D eigenvalue weighted by atomic mass is 10.2. The molecule has 3 N–H and O–H groups in total. The van der Waals surface area contributed by atoms with Crippen LogP contribution in [0.25, 0.3) is 0 Å². The van der Waals surface area contributed by atoms with E-state index in [0.29, 0.717) is 38.6 Å². The van der Waals surface area contributed by atoms with E-state index >= 15 is 0 Å². The van der Waals surface area contributed by atoms with Gasteiger partial charge in [-0.2, -0.15) is 5.10 Å². The van der Waals surface area contributed by atoms with Crippen LogP contribution in [0.15, 0.2) is 35.4 Å². The number of ether oxygens (including phenoxy) is 3. The Morgan fingerprint density at radius 1 is 1.28 bits per heavy atom. The number of carbonyl (C=O) groups excluding carboxylic acids is 2. The van der Waals surface area contributed by atoms with Crippen molar-refractivity contribution in [2.24, 2.45) is 5.10 Å². The van der Waals surface area contributed by atoms with Crippen LogP contribution in [0.3, 0.4) is 0 Å². The number of aromatic hydroxyl groups is 1. The fourth-order valence-corrected chi connectivity index (χ4v) is 3.08. The highest BCUT2D eigenvalue weighted by molar-refractivity contribution is 14.1. The molecule has 2 amide bonds. The number of hydrogen-bond donors (Lipinski definition) is 3. The van der Waals surface area contributed by atoms with Crippen LogP contribution in [0, 0.1) is 3.57 Å². The van der Waals surface area contributed by atoms with Gasteiger partial charge < -0.3 is 24.6 Å². The van der Waals surface area contributed by atoms with E-state index < -0.39 is 11.8 Å². The molecule has 1 aliphatic heterocycles. The third-order valence-electron chi connectivity index (χ3n) is 3.80. The summed E-state index contributed by atoms with van der Waals surface area (Å²) in [6.07, 6.45) is 1.42. The highest BCUT2D eigenvalue weighted by atomic mass is 127. The Kier molecular flexibility index (Phi) is 6.75. The first-order chi connectivity index (χ1) is 14.0. The smallest absolute Gasteiger partial charge is 0.259 e. The molecule has 0 aromatic heterocycles. The number of fused-ring (bicyclic) bond motifs is 1. The first-order valence-electron chi connectivity index (χ1n) is 8.63. The number of rotatable bonds is 7. The molecule has 2 aromatic carbocycles. The molecule has 1 aliphatic rings. The third-order valence-corrected chi connectivity index (χ3v) is 4.62. The number of hydrazone groups is 1. The van der Waals surface area contributed by atoms with Gasteiger partial charge in [0, 0.05) is 5.56 Å². The maximum Gasteiger partial charge on any atom is 0.259 e. The molecule has 0 saturated heterocycles. The van der Waals surface area contributed by atoms with E-state index in [1.807, 2.05) is 29.5 Å². The summed E-state index contributed by atoms with van der Waals surface area (Å²) in [5.41, 5.74) is 3.32. The molecule has 29 heavy (non-hydrogen) atoms. The zero-order valence-electron chi connectivity index (χ0n) is 15.4. The lowest BCUT2D eigenvalue weighted by Gasteiger charge is -2.08. The quantitative estimate of drug-likeness (QED) is 0.298. The average molecular weight is 511 g/mol. The number of amides is 2. The molecule has 0 atom stereocenters. The van der Waals surface area contributed by atoms with E-state index in [9.17, 15) is 14.7 Å². The molecular weight excluding hydrogens is 493 g/mol. The van der Waals surface area contributed by atoms with Gasteiger partial charge in [0.05, 0.1) is 22.9 Å². The number of carbonyl (C=O) groups is 2. The number of nitrogens with one attached hydrogen (secondary N) is 2. The second kappa shape index (κ2) is 9.45. The maximum absolute atomic E-state index is 12.1. The Morgan fingerprint density at radius 3 is 2.86 bits per heavy atom. The lowest BCUT2D eigenvalue weighted by molar-refractivity contribution is -0.120. The number of hydrogen-bond acceptors (Lipinski definition) is 7. The molecule has 152 valence electrons. The Hall–Kier alpha value is -3.02. The van der Waals surface area contributed by atoms with Crippen LogP contribution in [-0.4, -0.2) is 43.1 Å².